The molecular weight excluding hydrogens is 1500 g/mol. The minimum absolute atomic E-state index is 0.0161. The second kappa shape index (κ2) is 68.5. The van der Waals surface area contributed by atoms with Gasteiger partial charge in [-0.15, -0.1) is 0 Å². The van der Waals surface area contributed by atoms with E-state index in [4.69, 9.17) is 46.9 Å². The molecule has 2 aliphatic heterocycles. The van der Waals surface area contributed by atoms with Crippen LogP contribution >= 0.6 is 7.82 Å². The van der Waals surface area contributed by atoms with Crippen LogP contribution in [0.3, 0.4) is 0 Å². The number of ether oxygens (including phenoxy) is 8. The maximum Gasteiger partial charge on any atom is 0.472 e. The van der Waals surface area contributed by atoms with Gasteiger partial charge in [-0.3, -0.25) is 28.2 Å². The van der Waals surface area contributed by atoms with Crippen molar-refractivity contribution in [2.45, 2.75) is 491 Å². The lowest BCUT2D eigenvalue weighted by atomic mass is 9.84. The first-order valence-electron chi connectivity index (χ1n) is 46.1. The second-order valence-corrected chi connectivity index (χ2v) is 34.2. The number of aliphatic hydroxyl groups is 9. The highest BCUT2D eigenvalue weighted by atomic mass is 31.2. The highest BCUT2D eigenvalue weighted by Gasteiger charge is 2.60. The summed E-state index contributed by atoms with van der Waals surface area (Å²) in [6.45, 7) is 5.56. The van der Waals surface area contributed by atoms with Crippen molar-refractivity contribution in [1.29, 1.82) is 0 Å². The summed E-state index contributed by atoms with van der Waals surface area (Å²) in [6.07, 6.45) is 27.6. The summed E-state index contributed by atoms with van der Waals surface area (Å²) in [5.41, 5.74) is 0. The zero-order valence-electron chi connectivity index (χ0n) is 71.6. The van der Waals surface area contributed by atoms with Crippen molar-refractivity contribution in [3.63, 3.8) is 0 Å². The fourth-order valence-electron chi connectivity index (χ4n) is 15.1. The SMILES string of the molecule is CCCCCC/C=C\CCCCCCCCCC(=O)OCC(COP(=O)(O)OC1C(OC2OC(CO)C(O)C(O)C2O)C(O)C(O)C(OC(=O)CCCCC/C=C\CCCCCCCC)C1OC1OC(COC(=O)CCCCCCCCCCCCCCCCC)C(O)C(O)C1O)OC(=O)CCCCCCCCCCCCCCC. The molecule has 0 spiro atoms. The van der Waals surface area contributed by atoms with Crippen LogP contribution in [-0.2, 0) is 70.7 Å². The summed E-state index contributed by atoms with van der Waals surface area (Å²) in [5, 5.41) is 102. The van der Waals surface area contributed by atoms with Crippen LogP contribution in [0.2, 0.25) is 0 Å². The van der Waals surface area contributed by atoms with Gasteiger partial charge < -0.3 is 88.7 Å². The van der Waals surface area contributed by atoms with Crippen molar-refractivity contribution in [2.75, 3.05) is 26.4 Å². The van der Waals surface area contributed by atoms with Gasteiger partial charge in [-0.25, -0.2) is 4.57 Å². The first kappa shape index (κ1) is 106. The van der Waals surface area contributed by atoms with E-state index in [0.29, 0.717) is 32.1 Å². The zero-order valence-corrected chi connectivity index (χ0v) is 72.5. The van der Waals surface area contributed by atoms with Crippen LogP contribution in [-0.4, -0.2) is 205 Å². The topological polar surface area (TPSA) is 380 Å². The van der Waals surface area contributed by atoms with E-state index in [1.54, 1.807) is 0 Å². The highest BCUT2D eigenvalue weighted by Crippen LogP contribution is 2.49. The van der Waals surface area contributed by atoms with E-state index in [0.717, 1.165) is 141 Å². The van der Waals surface area contributed by atoms with Crippen LogP contribution in [0.4, 0.5) is 0 Å². The molecule has 2 saturated heterocycles. The largest absolute Gasteiger partial charge is 0.472 e. The molecule has 1 saturated carbocycles. The Morgan fingerprint density at radius 1 is 0.339 bits per heavy atom. The second-order valence-electron chi connectivity index (χ2n) is 32.8. The van der Waals surface area contributed by atoms with E-state index in [1.165, 1.54) is 154 Å². The molecule has 18 unspecified atom stereocenters. The van der Waals surface area contributed by atoms with Gasteiger partial charge in [0.1, 0.15) is 92.6 Å². The van der Waals surface area contributed by atoms with Crippen LogP contribution in [0, 0.1) is 0 Å². The lowest BCUT2D eigenvalue weighted by Gasteiger charge is -2.50. The molecule has 2 heterocycles. The Morgan fingerprint density at radius 2 is 0.652 bits per heavy atom. The molecular formula is C89H163O25P. The molecule has 0 amide bonds. The number of phosphoric acid groups is 1. The van der Waals surface area contributed by atoms with E-state index in [2.05, 4.69) is 52.0 Å². The van der Waals surface area contributed by atoms with Crippen molar-refractivity contribution in [1.82, 2.24) is 0 Å². The Hall–Kier alpha value is -3.05. The molecule has 3 fully saturated rings. The molecule has 3 aliphatic rings. The van der Waals surface area contributed by atoms with Crippen LogP contribution in [0.5, 0.6) is 0 Å². The number of phosphoric ester groups is 1. The maximum atomic E-state index is 14.9. The highest BCUT2D eigenvalue weighted by molar-refractivity contribution is 7.47. The molecule has 115 heavy (non-hydrogen) atoms. The fraction of sp³-hybridized carbons (Fsp3) is 0.910. The van der Waals surface area contributed by atoms with Gasteiger partial charge in [0.2, 0.25) is 0 Å². The number of carbonyl (C=O) groups is 4. The predicted octanol–water partition coefficient (Wildman–Crippen LogP) is 16.5. The number of allylic oxidation sites excluding steroid dienone is 4. The molecule has 0 aromatic carbocycles. The van der Waals surface area contributed by atoms with Gasteiger partial charge in [0, 0.05) is 25.7 Å². The molecule has 0 aromatic rings. The van der Waals surface area contributed by atoms with Gasteiger partial charge in [-0.1, -0.05) is 309 Å². The van der Waals surface area contributed by atoms with E-state index in [1.807, 2.05) is 0 Å². The zero-order chi connectivity index (χ0) is 84.0. The predicted molar refractivity (Wildman–Crippen MR) is 444 cm³/mol. The van der Waals surface area contributed by atoms with Crippen LogP contribution < -0.4 is 0 Å². The molecule has 25 nitrogen and oxygen atoms in total. The Bertz CT molecular complexity index is 2490. The summed E-state index contributed by atoms with van der Waals surface area (Å²) >= 11 is 0. The van der Waals surface area contributed by atoms with Crippen molar-refractivity contribution in [3.05, 3.63) is 24.3 Å². The quantitative estimate of drug-likeness (QED) is 0.00889. The Labute approximate surface area is 692 Å². The molecule has 674 valence electrons. The van der Waals surface area contributed by atoms with E-state index in [-0.39, 0.29) is 32.1 Å². The maximum absolute atomic E-state index is 14.9. The van der Waals surface area contributed by atoms with Crippen LogP contribution in [0.15, 0.2) is 24.3 Å². The summed E-state index contributed by atoms with van der Waals surface area (Å²) in [6, 6.07) is 0. The third-order valence-electron chi connectivity index (χ3n) is 22.4. The summed E-state index contributed by atoms with van der Waals surface area (Å²) in [5.74, 6) is -2.98. The monoisotopic (exact) mass is 1660 g/mol. The van der Waals surface area contributed by atoms with E-state index in [9.17, 15) is 74.6 Å². The summed E-state index contributed by atoms with van der Waals surface area (Å²) in [7, 11) is -5.81. The molecule has 10 N–H and O–H groups in total. The molecule has 26 heteroatoms. The molecule has 1 aliphatic carbocycles. The van der Waals surface area contributed by atoms with Crippen molar-refractivity contribution >= 4 is 31.7 Å². The molecule has 0 aromatic heterocycles. The minimum atomic E-state index is -5.81. The number of aliphatic hydroxyl groups excluding tert-OH is 9. The van der Waals surface area contributed by atoms with E-state index < -0.39 is 162 Å². The minimum Gasteiger partial charge on any atom is -0.463 e. The van der Waals surface area contributed by atoms with Gasteiger partial charge in [-0.05, 0) is 77.0 Å². The van der Waals surface area contributed by atoms with Crippen LogP contribution in [0.25, 0.3) is 0 Å². The average Bonchev–Trinajstić information content (AvgIpc) is 0.755. The van der Waals surface area contributed by atoms with Gasteiger partial charge in [0.25, 0.3) is 0 Å². The van der Waals surface area contributed by atoms with Crippen LogP contribution in [0.1, 0.15) is 387 Å². The third kappa shape index (κ3) is 49.0. The van der Waals surface area contributed by atoms with Gasteiger partial charge in [-0.2, -0.15) is 0 Å². The summed E-state index contributed by atoms with van der Waals surface area (Å²) in [4.78, 5) is 66.3. The Kier molecular flexibility index (Phi) is 63.2. The van der Waals surface area contributed by atoms with Gasteiger partial charge >= 0.3 is 31.7 Å². The molecule has 0 radical (unpaired) electrons. The van der Waals surface area contributed by atoms with Crippen molar-refractivity contribution in [2.24, 2.45) is 0 Å². The fourth-order valence-corrected chi connectivity index (χ4v) is 16.0. The Balaban J connectivity index is 1.92. The number of unbranched alkanes of at least 4 members (excludes halogenated alkanes) is 46. The number of hydrogen-bond acceptors (Lipinski definition) is 24. The van der Waals surface area contributed by atoms with Gasteiger partial charge in [0.05, 0.1) is 13.2 Å². The molecule has 3 rings (SSSR count). The van der Waals surface area contributed by atoms with Crippen molar-refractivity contribution in [3.8, 4) is 0 Å². The third-order valence-corrected chi connectivity index (χ3v) is 23.4. The number of esters is 4. The van der Waals surface area contributed by atoms with Gasteiger partial charge in [0.15, 0.2) is 24.8 Å². The first-order valence-corrected chi connectivity index (χ1v) is 47.6. The Morgan fingerprint density at radius 3 is 1.05 bits per heavy atom. The normalized spacial score (nSPS) is 25.3. The smallest absolute Gasteiger partial charge is 0.463 e. The molecule has 0 bridgehead atoms. The average molecular weight is 1660 g/mol. The summed E-state index contributed by atoms with van der Waals surface area (Å²) < 4.78 is 73.3. The first-order chi connectivity index (χ1) is 55.7. The lowest BCUT2D eigenvalue weighted by Crippen LogP contribution is -2.70. The number of carbonyl (C=O) groups excluding carboxylic acids is 4. The van der Waals surface area contributed by atoms with E-state index >= 15 is 0 Å². The number of hydrogen-bond donors (Lipinski definition) is 10. The lowest BCUT2D eigenvalue weighted by molar-refractivity contribution is -0.360. The van der Waals surface area contributed by atoms with Crippen molar-refractivity contribution < 1.29 is 122 Å². The standard InChI is InChI=1S/C89H163O25P/c1-5-9-13-17-21-25-29-33-35-39-41-45-49-53-57-61-72(91)105-66-69(108-74(93)63-59-55-51-47-43-37-31-27-23-19-15-11-7-3)67-107-115(103,104)114-87-85(112-88-82(101)78(97)76(95)70(65-90)109-88)81(100)80(99)84(111-75(94)64-60-56-52-48-44-38-32-28-24-20-16-12-8-4)86(87)113-89-83(102)79(98)77(96)71(110-89)68-106-73(92)62-58-54-50-46-42-40-36-34-30-26-22-18-14-10-6-2/h25,29,38,44,69-71,76-90,95-102H,5-24,26-28,30-37,39-43,45-68H2,1-4H3,(H,103,104)/b29-25-,44-38-. The number of rotatable bonds is 74. The molecule has 18 atom stereocenters.